The predicted molar refractivity (Wildman–Crippen MR) is 134 cm³/mol. The molecule has 0 fully saturated rings. The van der Waals surface area contributed by atoms with E-state index >= 15 is 0 Å². The summed E-state index contributed by atoms with van der Waals surface area (Å²) in [5.41, 5.74) is 5.83. The van der Waals surface area contributed by atoms with Crippen LogP contribution < -0.4 is 4.74 Å². The molecule has 0 aliphatic rings. The molecule has 0 saturated heterocycles. The van der Waals surface area contributed by atoms with Crippen LogP contribution >= 0.6 is 0 Å². The monoisotopic (exact) mass is 462 g/mol. The van der Waals surface area contributed by atoms with E-state index in [9.17, 15) is 9.90 Å². The van der Waals surface area contributed by atoms with Gasteiger partial charge in [-0.15, -0.1) is 0 Å². The van der Waals surface area contributed by atoms with Crippen molar-refractivity contribution in [3.63, 3.8) is 0 Å². The van der Waals surface area contributed by atoms with Crippen LogP contribution in [-0.2, 0) is 6.54 Å². The number of hydrogen-bond acceptors (Lipinski definition) is 5. The number of fused-ring (bicyclic) bond motifs is 2. The first kappa shape index (κ1) is 23.9. The van der Waals surface area contributed by atoms with E-state index in [1.54, 1.807) is 18.2 Å². The first-order valence-corrected chi connectivity index (χ1v) is 10.7. The van der Waals surface area contributed by atoms with Gasteiger partial charge in [-0.1, -0.05) is 30.3 Å². The molecule has 0 amide bonds. The zero-order valence-corrected chi connectivity index (χ0v) is 18.3. The van der Waals surface area contributed by atoms with Crippen molar-refractivity contribution in [2.75, 3.05) is 6.61 Å². The van der Waals surface area contributed by atoms with Crippen molar-refractivity contribution in [3.8, 4) is 17.3 Å². The molecule has 0 aliphatic carbocycles. The van der Waals surface area contributed by atoms with Crippen LogP contribution in [0, 0.1) is 6.92 Å². The van der Waals surface area contributed by atoms with Gasteiger partial charge < -0.3 is 9.84 Å². The first-order valence-electron chi connectivity index (χ1n) is 10.7. The number of carbonyl (C=O) groups is 1. The van der Waals surface area contributed by atoms with E-state index in [4.69, 9.17) is 9.72 Å². The van der Waals surface area contributed by atoms with Crippen LogP contribution in [0.15, 0.2) is 66.7 Å². The van der Waals surface area contributed by atoms with Crippen LogP contribution in [0.2, 0.25) is 0 Å². The summed E-state index contributed by atoms with van der Waals surface area (Å²) in [5, 5.41) is 10.5. The summed E-state index contributed by atoms with van der Waals surface area (Å²) in [4.78, 5) is 25.6. The molecule has 166 valence electrons. The Labute approximate surface area is 218 Å². The van der Waals surface area contributed by atoms with E-state index in [0.717, 1.165) is 33.3 Å². The zero-order chi connectivity index (χ0) is 22.9. The van der Waals surface area contributed by atoms with Gasteiger partial charge in [-0.25, -0.2) is 14.8 Å². The quantitative estimate of drug-likeness (QED) is 0.375. The topological polar surface area (TPSA) is 90.1 Å². The number of ether oxygens (including phenoxy) is 1. The van der Waals surface area contributed by atoms with Crippen LogP contribution in [0.25, 0.3) is 33.3 Å². The van der Waals surface area contributed by atoms with Gasteiger partial charge in [0.1, 0.15) is 5.52 Å². The second-order valence-corrected chi connectivity index (χ2v) is 7.78. The number of aromatic carboxylic acids is 1. The van der Waals surface area contributed by atoms with Crippen molar-refractivity contribution in [2.24, 2.45) is 0 Å². The third-order valence-electron chi connectivity index (χ3n) is 5.50. The van der Waals surface area contributed by atoms with Crippen LogP contribution in [0.4, 0.5) is 0 Å². The molecule has 0 saturated carbocycles. The second-order valence-electron chi connectivity index (χ2n) is 7.78. The van der Waals surface area contributed by atoms with Gasteiger partial charge in [0, 0.05) is 16.6 Å². The molecule has 0 bridgehead atoms. The Hall–Kier alpha value is -3.26. The van der Waals surface area contributed by atoms with Gasteiger partial charge in [-0.3, -0.25) is 4.57 Å². The number of benzene rings is 2. The van der Waals surface area contributed by atoms with Gasteiger partial charge in [0.25, 0.3) is 6.01 Å². The molecule has 0 radical (unpaired) electrons. The van der Waals surface area contributed by atoms with E-state index in [1.807, 2.05) is 60.9 Å². The van der Waals surface area contributed by atoms with Crippen molar-refractivity contribution in [2.45, 2.75) is 20.4 Å². The van der Waals surface area contributed by atoms with E-state index in [1.165, 1.54) is 0 Å². The molecular weight excluding hydrogens is 439 g/mol. The van der Waals surface area contributed by atoms with Gasteiger partial charge in [0.2, 0.25) is 0 Å². The maximum absolute atomic E-state index is 11.6. The summed E-state index contributed by atoms with van der Waals surface area (Å²) in [6, 6.07) is 21.2. The zero-order valence-electron chi connectivity index (χ0n) is 18.3. The molecule has 1 N–H and O–H groups in total. The number of carboxylic acid groups (broad SMARTS) is 1. The number of hydrogen-bond donors (Lipinski definition) is 1. The Morgan fingerprint density at radius 3 is 2.56 bits per heavy atom. The number of carboxylic acids is 1. The fraction of sp³-hybridized carbons (Fsp3) is 0.154. The van der Waals surface area contributed by atoms with Crippen LogP contribution in [0.3, 0.4) is 0 Å². The number of pyridine rings is 2. The number of nitrogens with zero attached hydrogens (tertiary/aromatic N) is 4. The van der Waals surface area contributed by atoms with Crippen molar-refractivity contribution < 1.29 is 14.6 Å². The van der Waals surface area contributed by atoms with Crippen LogP contribution in [0.1, 0.15) is 28.5 Å². The molecule has 5 rings (SSSR count). The molecule has 5 aromatic rings. The van der Waals surface area contributed by atoms with Crippen LogP contribution in [0.5, 0.6) is 6.01 Å². The third-order valence-corrected chi connectivity index (χ3v) is 5.50. The molecule has 3 aromatic heterocycles. The summed E-state index contributed by atoms with van der Waals surface area (Å²) >= 11 is 0. The van der Waals surface area contributed by atoms with Crippen molar-refractivity contribution in [1.29, 1.82) is 0 Å². The van der Waals surface area contributed by atoms with Crippen molar-refractivity contribution in [3.05, 3.63) is 83.6 Å². The van der Waals surface area contributed by atoms with Crippen molar-refractivity contribution >= 4 is 57.6 Å². The summed E-state index contributed by atoms with van der Waals surface area (Å²) in [5.74, 6) is -0.968. The molecule has 0 atom stereocenters. The van der Waals surface area contributed by atoms with Gasteiger partial charge in [-0.05, 0) is 55.8 Å². The molecule has 7 nitrogen and oxygen atoms in total. The Balaban J connectivity index is 0.00000274. The minimum atomic E-state index is -0.968. The number of imidazole rings is 1. The molecule has 8 heteroatoms. The molecule has 3 heterocycles. The summed E-state index contributed by atoms with van der Waals surface area (Å²) in [7, 11) is 0. The van der Waals surface area contributed by atoms with Gasteiger partial charge >= 0.3 is 35.5 Å². The number of aryl methyl sites for hydroxylation is 1. The maximum atomic E-state index is 11.6. The van der Waals surface area contributed by atoms with Crippen molar-refractivity contribution in [1.82, 2.24) is 19.5 Å². The SMILES string of the molecule is CCOc1nc2ccc(C)nc2n1Cc1ccc2nc(-c3ccccc3C(=O)O)ccc2c1.[NaH]. The minimum absolute atomic E-state index is 0. The van der Waals surface area contributed by atoms with Gasteiger partial charge in [0.05, 0.1) is 29.9 Å². The Bertz CT molecular complexity index is 1510. The Morgan fingerprint density at radius 2 is 1.76 bits per heavy atom. The molecule has 34 heavy (non-hydrogen) atoms. The normalized spacial score (nSPS) is 10.9. The first-order chi connectivity index (χ1) is 16.0. The summed E-state index contributed by atoms with van der Waals surface area (Å²) in [6.07, 6.45) is 0. The second kappa shape index (κ2) is 9.93. The molecule has 2 aromatic carbocycles. The van der Waals surface area contributed by atoms with Gasteiger partial charge in [0.15, 0.2) is 5.65 Å². The van der Waals surface area contributed by atoms with E-state index in [2.05, 4.69) is 16.0 Å². The van der Waals surface area contributed by atoms with Gasteiger partial charge in [-0.2, -0.15) is 4.98 Å². The van der Waals surface area contributed by atoms with E-state index < -0.39 is 5.97 Å². The standard InChI is InChI=1S/C26H22N4O3.Na.H/c1-3-33-26-29-23-11-8-16(2)27-24(23)30(26)15-17-9-12-21-18(14-17)10-13-22(28-21)19-6-4-5-7-20(19)25(31)32;;/h4-14H,3,15H2,1-2H3,(H,31,32);;. The Morgan fingerprint density at radius 1 is 0.971 bits per heavy atom. The third kappa shape index (κ3) is 4.55. The summed E-state index contributed by atoms with van der Waals surface area (Å²) < 4.78 is 7.75. The number of rotatable bonds is 6. The summed E-state index contributed by atoms with van der Waals surface area (Å²) in [6.45, 7) is 4.97. The van der Waals surface area contributed by atoms with E-state index in [-0.39, 0.29) is 35.1 Å². The molecule has 0 spiro atoms. The average Bonchev–Trinajstić information content (AvgIpc) is 3.15. The van der Waals surface area contributed by atoms with E-state index in [0.29, 0.717) is 30.4 Å². The number of aromatic nitrogens is 4. The average molecular weight is 462 g/mol. The molecular formula is C26H23N4NaO3. The Kier molecular flexibility index (Phi) is 6.97. The fourth-order valence-corrected chi connectivity index (χ4v) is 3.96. The predicted octanol–water partition coefficient (Wildman–Crippen LogP) is 4.45. The molecule has 0 unspecified atom stereocenters. The van der Waals surface area contributed by atoms with Crippen LogP contribution in [-0.4, -0.2) is 66.8 Å². The fourth-order valence-electron chi connectivity index (χ4n) is 3.96. The molecule has 0 aliphatic heterocycles.